The molecule has 3 N–H and O–H groups in total. The molecule has 2 rings (SSSR count). The van der Waals surface area contributed by atoms with Crippen molar-refractivity contribution in [1.29, 1.82) is 5.41 Å². The number of hydrogen-bond acceptors (Lipinski definition) is 2. The quantitative estimate of drug-likeness (QED) is 0.631. The van der Waals surface area contributed by atoms with Gasteiger partial charge in [-0.05, 0) is 37.8 Å². The van der Waals surface area contributed by atoms with Crippen molar-refractivity contribution in [3.63, 3.8) is 0 Å². The number of benzene rings is 1. The fourth-order valence-electron chi connectivity index (χ4n) is 1.98. The molecule has 1 aliphatic carbocycles. The molecule has 1 aliphatic rings. The molecule has 0 unspecified atom stereocenters. The Labute approximate surface area is 102 Å². The van der Waals surface area contributed by atoms with Gasteiger partial charge in [-0.15, -0.1) is 12.4 Å². The van der Waals surface area contributed by atoms with Crippen molar-refractivity contribution in [1.82, 2.24) is 0 Å². The molecule has 0 amide bonds. The highest BCUT2D eigenvalue weighted by Gasteiger charge is 2.18. The second kappa shape index (κ2) is 5.75. The lowest BCUT2D eigenvalue weighted by Crippen LogP contribution is -2.17. The first kappa shape index (κ1) is 12.8. The third-order valence-electron chi connectivity index (χ3n) is 2.77. The highest BCUT2D eigenvalue weighted by molar-refractivity contribution is 5.97. The van der Waals surface area contributed by atoms with Crippen LogP contribution in [0.3, 0.4) is 0 Å². The molecule has 1 aromatic carbocycles. The molecular weight excluding hydrogens is 224 g/mol. The molecule has 16 heavy (non-hydrogen) atoms. The lowest BCUT2D eigenvalue weighted by Gasteiger charge is -2.15. The summed E-state index contributed by atoms with van der Waals surface area (Å²) in [5.41, 5.74) is 6.19. The normalized spacial score (nSPS) is 15.5. The third-order valence-corrected chi connectivity index (χ3v) is 2.77. The van der Waals surface area contributed by atoms with Gasteiger partial charge >= 0.3 is 0 Å². The van der Waals surface area contributed by atoms with E-state index in [0.717, 1.165) is 18.6 Å². The van der Waals surface area contributed by atoms with Crippen LogP contribution in [-0.2, 0) is 0 Å². The predicted molar refractivity (Wildman–Crippen MR) is 67.6 cm³/mol. The number of amidine groups is 1. The van der Waals surface area contributed by atoms with E-state index in [1.54, 1.807) is 0 Å². The molecule has 1 aromatic rings. The van der Waals surface area contributed by atoms with E-state index in [2.05, 4.69) is 0 Å². The lowest BCUT2D eigenvalue weighted by atomic mass is 10.2. The van der Waals surface area contributed by atoms with E-state index < -0.39 is 0 Å². The van der Waals surface area contributed by atoms with Crippen molar-refractivity contribution in [3.8, 4) is 5.75 Å². The van der Waals surface area contributed by atoms with Gasteiger partial charge in [0.05, 0.1) is 11.7 Å². The molecule has 88 valence electrons. The zero-order chi connectivity index (χ0) is 10.7. The molecule has 0 aliphatic heterocycles. The van der Waals surface area contributed by atoms with Crippen LogP contribution in [0.15, 0.2) is 24.3 Å². The van der Waals surface area contributed by atoms with Crippen LogP contribution in [0.25, 0.3) is 0 Å². The number of rotatable bonds is 3. The van der Waals surface area contributed by atoms with Gasteiger partial charge in [-0.2, -0.15) is 0 Å². The summed E-state index contributed by atoms with van der Waals surface area (Å²) in [6, 6.07) is 7.50. The highest BCUT2D eigenvalue weighted by Crippen LogP contribution is 2.26. The van der Waals surface area contributed by atoms with Gasteiger partial charge < -0.3 is 10.5 Å². The molecule has 1 fully saturated rings. The Morgan fingerprint density at radius 2 is 1.88 bits per heavy atom. The summed E-state index contributed by atoms with van der Waals surface area (Å²) in [7, 11) is 0. The summed E-state index contributed by atoms with van der Waals surface area (Å²) in [4.78, 5) is 0. The van der Waals surface area contributed by atoms with Crippen LogP contribution in [0.5, 0.6) is 5.75 Å². The van der Waals surface area contributed by atoms with E-state index in [1.165, 1.54) is 12.8 Å². The first-order valence-corrected chi connectivity index (χ1v) is 5.37. The lowest BCUT2D eigenvalue weighted by molar-refractivity contribution is 0.209. The molecule has 0 atom stereocenters. The maximum Gasteiger partial charge on any atom is 0.130 e. The third kappa shape index (κ3) is 2.89. The van der Waals surface area contributed by atoms with Crippen LogP contribution >= 0.6 is 12.4 Å². The maximum absolute atomic E-state index is 7.45. The number of nitrogens with one attached hydrogen (secondary N) is 1. The van der Waals surface area contributed by atoms with Crippen LogP contribution in [0.1, 0.15) is 31.2 Å². The summed E-state index contributed by atoms with van der Waals surface area (Å²) in [6.45, 7) is 0. The second-order valence-corrected chi connectivity index (χ2v) is 3.93. The number of halogens is 1. The van der Waals surface area contributed by atoms with Gasteiger partial charge in [0.1, 0.15) is 11.6 Å². The first-order valence-electron chi connectivity index (χ1n) is 5.37. The summed E-state index contributed by atoms with van der Waals surface area (Å²) >= 11 is 0. The van der Waals surface area contributed by atoms with Crippen molar-refractivity contribution in [2.45, 2.75) is 31.8 Å². The molecule has 1 saturated carbocycles. The fraction of sp³-hybridized carbons (Fsp3) is 0.417. The van der Waals surface area contributed by atoms with Gasteiger partial charge in [-0.3, -0.25) is 5.41 Å². The zero-order valence-corrected chi connectivity index (χ0v) is 9.93. The highest BCUT2D eigenvalue weighted by atomic mass is 35.5. The van der Waals surface area contributed by atoms with E-state index >= 15 is 0 Å². The summed E-state index contributed by atoms with van der Waals surface area (Å²) in [5, 5.41) is 7.45. The van der Waals surface area contributed by atoms with Gasteiger partial charge in [0.15, 0.2) is 0 Å². The molecule has 0 saturated heterocycles. The number of nitrogens with two attached hydrogens (primary N) is 1. The van der Waals surface area contributed by atoms with Gasteiger partial charge in [0, 0.05) is 0 Å². The smallest absolute Gasteiger partial charge is 0.130 e. The monoisotopic (exact) mass is 240 g/mol. The number of hydrogen-bond donors (Lipinski definition) is 2. The number of para-hydroxylation sites is 1. The molecule has 0 heterocycles. The van der Waals surface area contributed by atoms with Crippen molar-refractivity contribution < 1.29 is 4.74 Å². The van der Waals surface area contributed by atoms with Crippen molar-refractivity contribution in [3.05, 3.63) is 29.8 Å². The average Bonchev–Trinajstić information content (AvgIpc) is 2.71. The minimum atomic E-state index is 0. The Balaban J connectivity index is 0.00000128. The largest absolute Gasteiger partial charge is 0.490 e. The Bertz CT molecular complexity index is 362. The predicted octanol–water partition coefficient (Wildman–Crippen LogP) is 2.71. The van der Waals surface area contributed by atoms with E-state index in [-0.39, 0.29) is 18.2 Å². The molecule has 3 nitrogen and oxygen atoms in total. The van der Waals surface area contributed by atoms with Crippen molar-refractivity contribution >= 4 is 18.2 Å². The Hall–Kier alpha value is -1.22. The second-order valence-electron chi connectivity index (χ2n) is 3.93. The summed E-state index contributed by atoms with van der Waals surface area (Å²) in [6.07, 6.45) is 5.03. The topological polar surface area (TPSA) is 59.1 Å². The Morgan fingerprint density at radius 3 is 2.50 bits per heavy atom. The Kier molecular flexibility index (Phi) is 4.62. The molecule has 0 spiro atoms. The van der Waals surface area contributed by atoms with E-state index in [9.17, 15) is 0 Å². The first-order chi connectivity index (χ1) is 7.27. The molecular formula is C12H17ClN2O. The SMILES string of the molecule is Cl.N=C(N)c1ccccc1OC1CCCC1. The van der Waals surface area contributed by atoms with Gasteiger partial charge in [0.25, 0.3) is 0 Å². The number of ether oxygens (including phenoxy) is 1. The standard InChI is InChI=1S/C12H16N2O.ClH/c13-12(14)10-7-3-4-8-11(10)15-9-5-1-2-6-9;/h3-4,7-9H,1-2,5-6H2,(H3,13,14);1H. The van der Waals surface area contributed by atoms with Crippen LogP contribution in [0, 0.1) is 5.41 Å². The number of nitrogen functional groups attached to an aromatic ring is 1. The van der Waals surface area contributed by atoms with Crippen LogP contribution in [-0.4, -0.2) is 11.9 Å². The fourth-order valence-corrected chi connectivity index (χ4v) is 1.98. The van der Waals surface area contributed by atoms with E-state index in [0.29, 0.717) is 11.7 Å². The van der Waals surface area contributed by atoms with Gasteiger partial charge in [0.2, 0.25) is 0 Å². The molecule has 0 bridgehead atoms. The van der Waals surface area contributed by atoms with Gasteiger partial charge in [-0.25, -0.2) is 0 Å². The van der Waals surface area contributed by atoms with Crippen LogP contribution in [0.2, 0.25) is 0 Å². The maximum atomic E-state index is 7.45. The summed E-state index contributed by atoms with van der Waals surface area (Å²) in [5.74, 6) is 0.820. The Morgan fingerprint density at radius 1 is 1.25 bits per heavy atom. The minimum Gasteiger partial charge on any atom is -0.490 e. The zero-order valence-electron chi connectivity index (χ0n) is 9.11. The van der Waals surface area contributed by atoms with Crippen LogP contribution < -0.4 is 10.5 Å². The summed E-state index contributed by atoms with van der Waals surface area (Å²) < 4.78 is 5.85. The van der Waals surface area contributed by atoms with Crippen molar-refractivity contribution in [2.75, 3.05) is 0 Å². The molecule has 0 aromatic heterocycles. The minimum absolute atomic E-state index is 0. The van der Waals surface area contributed by atoms with Crippen LogP contribution in [0.4, 0.5) is 0 Å². The van der Waals surface area contributed by atoms with E-state index in [1.807, 2.05) is 24.3 Å². The average molecular weight is 241 g/mol. The molecule has 4 heteroatoms. The molecule has 0 radical (unpaired) electrons. The van der Waals surface area contributed by atoms with E-state index in [4.69, 9.17) is 15.9 Å². The van der Waals surface area contributed by atoms with Gasteiger partial charge in [-0.1, -0.05) is 12.1 Å². The van der Waals surface area contributed by atoms with Crippen molar-refractivity contribution in [2.24, 2.45) is 5.73 Å².